The highest BCUT2D eigenvalue weighted by atomic mass is 16.8. The van der Waals surface area contributed by atoms with Gasteiger partial charge >= 0.3 is 23.9 Å². The zero-order valence-corrected chi connectivity index (χ0v) is 54.2. The lowest BCUT2D eigenvalue weighted by Crippen LogP contribution is -2.73. The molecule has 0 radical (unpaired) electrons. The topological polar surface area (TPSA) is 413 Å². The van der Waals surface area contributed by atoms with Crippen LogP contribution in [0.15, 0.2) is 48.1 Å². The summed E-state index contributed by atoms with van der Waals surface area (Å²) in [5.41, 5.74) is -3.16. The molecule has 27 nitrogen and oxygen atoms in total. The van der Waals surface area contributed by atoms with Gasteiger partial charge in [-0.3, -0.25) is 9.59 Å². The minimum Gasteiger partial charge on any atom is -0.479 e. The molecule has 27 heteroatoms. The van der Waals surface area contributed by atoms with E-state index in [9.17, 15) is 80.5 Å². The zero-order valence-electron chi connectivity index (χ0n) is 54.2. The van der Waals surface area contributed by atoms with E-state index in [0.29, 0.717) is 38.5 Å². The van der Waals surface area contributed by atoms with Crippen molar-refractivity contribution in [1.29, 1.82) is 0 Å². The van der Waals surface area contributed by atoms with Crippen LogP contribution in [0.2, 0.25) is 0 Å². The quantitative estimate of drug-likeness (QED) is 0.0353. The molecule has 30 unspecified atom stereocenters. The first-order valence-electron chi connectivity index (χ1n) is 32.4. The third-order valence-corrected chi connectivity index (χ3v) is 23.3. The van der Waals surface area contributed by atoms with E-state index in [4.69, 9.17) is 52.1 Å². The maximum Gasteiger partial charge on any atom is 0.335 e. The van der Waals surface area contributed by atoms with Gasteiger partial charge in [-0.05, 0) is 103 Å². The summed E-state index contributed by atoms with van der Waals surface area (Å²) in [6.07, 6.45) is -31.1. The number of ether oxygens (including phenoxy) is 11. The first kappa shape index (κ1) is 71.6. The molecule has 8 fully saturated rings. The Morgan fingerprint density at radius 1 is 0.624 bits per heavy atom. The van der Waals surface area contributed by atoms with Crippen molar-refractivity contribution in [3.8, 4) is 0 Å². The van der Waals surface area contributed by atoms with Crippen LogP contribution in [0.4, 0.5) is 0 Å². The second-order valence-electron chi connectivity index (χ2n) is 29.4. The van der Waals surface area contributed by atoms with Crippen LogP contribution in [0.3, 0.4) is 0 Å². The normalized spacial score (nSPS) is 47.7. The molecule has 1 aromatic carbocycles. The molecule has 30 atom stereocenters. The number of aliphatic carboxylic acids is 1. The molecule has 93 heavy (non-hydrogen) atoms. The van der Waals surface area contributed by atoms with Crippen molar-refractivity contribution < 1.29 is 133 Å². The number of rotatable bonds is 16. The van der Waals surface area contributed by atoms with E-state index in [0.717, 1.165) is 11.1 Å². The van der Waals surface area contributed by atoms with Crippen molar-refractivity contribution in [2.75, 3.05) is 19.8 Å². The standard InChI is InChI=1S/C66H96O27/c1-29-42(73)45(76)47(78)57(84-29)92-52-43(74)35(71)27-83-59(52)90-50-49(80)51(56(81)82)91-60(53(50)93-58-48(79)46(77)44(75)36(26-67)87-58)88-39-21-22-63(8)37(62(39,6)7)20-23-64(9)38(63)18-17-33-34-24-61(4,5)54(86-31(3)70)55(89-41(72)19-16-32-14-12-11-13-15-32)66(34,28-68)40(85-30(2)69)25-65(33,64)10/h11-17,19,29,34-40,42-55,57-60,67-68,71,73-80H,18,20-28H2,1-10H3,(H,81,82). The fourth-order valence-corrected chi connectivity index (χ4v) is 18.2. The molecule has 0 amide bonds. The van der Waals surface area contributed by atoms with Gasteiger partial charge in [0.2, 0.25) is 0 Å². The Balaban J connectivity index is 0.980. The van der Waals surface area contributed by atoms with Gasteiger partial charge in [0.1, 0.15) is 91.6 Å². The number of fused-ring (bicyclic) bond motifs is 7. The molecule has 12 N–H and O–H groups in total. The highest BCUT2D eigenvalue weighted by Gasteiger charge is 2.75. The van der Waals surface area contributed by atoms with Gasteiger partial charge in [-0.15, -0.1) is 0 Å². The number of carboxylic acid groups (broad SMARTS) is 1. The predicted octanol–water partition coefficient (Wildman–Crippen LogP) is 0.515. The fraction of sp³-hybridized carbons (Fsp3) is 0.788. The number of allylic oxidation sites excluding steroid dienone is 2. The zero-order chi connectivity index (χ0) is 68.0. The third kappa shape index (κ3) is 12.6. The highest BCUT2D eigenvalue weighted by Crippen LogP contribution is 2.76. The van der Waals surface area contributed by atoms with Gasteiger partial charge in [0, 0.05) is 25.3 Å². The van der Waals surface area contributed by atoms with Crippen LogP contribution in [0.5, 0.6) is 0 Å². The number of carbonyl (C=O) groups is 4. The van der Waals surface area contributed by atoms with E-state index < -0.39 is 223 Å². The minimum absolute atomic E-state index is 0.0619. The largest absolute Gasteiger partial charge is 0.479 e. The second kappa shape index (κ2) is 26.9. The Morgan fingerprint density at radius 2 is 1.26 bits per heavy atom. The molecule has 0 spiro atoms. The molecule has 4 saturated heterocycles. The molecule has 0 aromatic heterocycles. The maximum atomic E-state index is 14.1. The van der Waals surface area contributed by atoms with Gasteiger partial charge in [0.15, 0.2) is 37.4 Å². The van der Waals surface area contributed by atoms with E-state index in [1.807, 2.05) is 58.0 Å². The molecule has 10 rings (SSSR count). The summed E-state index contributed by atoms with van der Waals surface area (Å²) in [5, 5.41) is 133. The van der Waals surface area contributed by atoms with E-state index in [1.165, 1.54) is 26.8 Å². The molecule has 1 aromatic rings. The van der Waals surface area contributed by atoms with Crippen molar-refractivity contribution in [1.82, 2.24) is 0 Å². The first-order valence-corrected chi connectivity index (χ1v) is 32.4. The summed E-state index contributed by atoms with van der Waals surface area (Å²) in [6.45, 7) is 16.5. The summed E-state index contributed by atoms with van der Waals surface area (Å²) in [5.74, 6) is -4.47. The van der Waals surface area contributed by atoms with Crippen LogP contribution in [0.1, 0.15) is 120 Å². The average molecular weight is 1320 g/mol. The highest BCUT2D eigenvalue weighted by molar-refractivity contribution is 5.87. The number of hydrogen-bond acceptors (Lipinski definition) is 26. The van der Waals surface area contributed by atoms with Crippen LogP contribution >= 0.6 is 0 Å². The van der Waals surface area contributed by atoms with Crippen molar-refractivity contribution in [2.45, 2.75) is 255 Å². The van der Waals surface area contributed by atoms with Crippen molar-refractivity contribution in [2.24, 2.45) is 50.2 Å². The second-order valence-corrected chi connectivity index (χ2v) is 29.4. The lowest BCUT2D eigenvalue weighted by Gasteiger charge is -2.72. The minimum atomic E-state index is -2.23. The molecule has 0 bridgehead atoms. The SMILES string of the molecule is CC(=O)OC1C(OC(=O)C=Cc2ccccc2)C2(CO)C(OC(C)=O)CC3(C)C(=CCC4C5(C)CCC(OC6OC(C(=O)O)C(O)C(OC7OCC(O)C(O)C7OC7OC(C)C(O)C(O)C7O)C6OC6OC(CO)C(O)C(O)C6O)C(C)(C)C5CCC43C)C2CC1(C)C. The smallest absolute Gasteiger partial charge is 0.335 e. The Labute approximate surface area is 539 Å². The summed E-state index contributed by atoms with van der Waals surface area (Å²) < 4.78 is 68.2. The molecule has 5 aliphatic carbocycles. The van der Waals surface area contributed by atoms with Crippen LogP contribution in [0, 0.1) is 50.2 Å². The van der Waals surface area contributed by atoms with E-state index in [-0.39, 0.29) is 18.3 Å². The lowest BCUT2D eigenvalue weighted by atomic mass is 9.33. The molecule has 4 aliphatic heterocycles. The number of hydrogen-bond donors (Lipinski definition) is 12. The van der Waals surface area contributed by atoms with Crippen LogP contribution in [-0.2, 0) is 71.3 Å². The predicted molar refractivity (Wildman–Crippen MR) is 318 cm³/mol. The van der Waals surface area contributed by atoms with Gasteiger partial charge in [-0.1, -0.05) is 90.4 Å². The molecule has 9 aliphatic rings. The molecule has 4 saturated carbocycles. The summed E-state index contributed by atoms with van der Waals surface area (Å²) in [4.78, 5) is 54.0. The summed E-state index contributed by atoms with van der Waals surface area (Å²) >= 11 is 0. The first-order chi connectivity index (χ1) is 43.6. The van der Waals surface area contributed by atoms with E-state index in [1.54, 1.807) is 6.08 Å². The van der Waals surface area contributed by atoms with Gasteiger partial charge in [-0.25, -0.2) is 9.59 Å². The van der Waals surface area contributed by atoms with E-state index in [2.05, 4.69) is 26.8 Å². The monoisotopic (exact) mass is 1320 g/mol. The fourth-order valence-electron chi connectivity index (χ4n) is 18.2. The van der Waals surface area contributed by atoms with Gasteiger partial charge in [0.05, 0.1) is 37.4 Å². The Kier molecular flexibility index (Phi) is 20.7. The number of carboxylic acids is 1. The van der Waals surface area contributed by atoms with Crippen molar-refractivity contribution >= 4 is 30.0 Å². The maximum absolute atomic E-state index is 14.1. The Morgan fingerprint density at radius 3 is 1.89 bits per heavy atom. The van der Waals surface area contributed by atoms with Gasteiger partial charge in [0.25, 0.3) is 0 Å². The Hall–Kier alpha value is -4.18. The van der Waals surface area contributed by atoms with Gasteiger partial charge in [-0.2, -0.15) is 0 Å². The summed E-state index contributed by atoms with van der Waals surface area (Å²) in [6, 6.07) is 9.13. The molecule has 522 valence electrons. The lowest BCUT2D eigenvalue weighted by molar-refractivity contribution is -0.400. The number of benzene rings is 1. The Bertz CT molecular complexity index is 2910. The van der Waals surface area contributed by atoms with Crippen LogP contribution in [0.25, 0.3) is 6.08 Å². The van der Waals surface area contributed by atoms with E-state index >= 15 is 0 Å². The number of carbonyl (C=O) groups excluding carboxylic acids is 3. The van der Waals surface area contributed by atoms with Gasteiger partial charge < -0.3 is 113 Å². The van der Waals surface area contributed by atoms with Crippen LogP contribution < -0.4 is 0 Å². The molecular formula is C66H96O27. The van der Waals surface area contributed by atoms with Crippen molar-refractivity contribution in [3.05, 3.63) is 53.6 Å². The number of aliphatic hydroxyl groups is 11. The number of aliphatic hydroxyl groups excluding tert-OH is 11. The third-order valence-electron chi connectivity index (χ3n) is 23.3. The number of esters is 3. The van der Waals surface area contributed by atoms with Crippen molar-refractivity contribution in [3.63, 3.8) is 0 Å². The van der Waals surface area contributed by atoms with Crippen LogP contribution in [-0.4, -0.2) is 246 Å². The summed E-state index contributed by atoms with van der Waals surface area (Å²) in [7, 11) is 0. The average Bonchev–Trinajstić information content (AvgIpc) is 0.668. The molecular weight excluding hydrogens is 1220 g/mol. The molecule has 4 heterocycles.